The average Bonchev–Trinajstić information content (AvgIpc) is 2.42. The van der Waals surface area contributed by atoms with Crippen molar-refractivity contribution < 1.29 is 4.79 Å². The molecule has 19 heavy (non-hydrogen) atoms. The second-order valence-electron chi connectivity index (χ2n) is 5.54. The molecule has 1 atom stereocenters. The van der Waals surface area contributed by atoms with Crippen molar-refractivity contribution in [1.82, 2.24) is 0 Å². The maximum absolute atomic E-state index is 12.3. The normalized spacial score (nSPS) is 18.9. The van der Waals surface area contributed by atoms with Crippen LogP contribution in [0, 0.1) is 6.92 Å². The van der Waals surface area contributed by atoms with Crippen LogP contribution in [0.3, 0.4) is 0 Å². The summed E-state index contributed by atoms with van der Waals surface area (Å²) in [6, 6.07) is 10.6. The van der Waals surface area contributed by atoms with Crippen molar-refractivity contribution >= 4 is 22.1 Å². The van der Waals surface area contributed by atoms with Gasteiger partial charge in [0.15, 0.2) is 5.78 Å². The van der Waals surface area contributed by atoms with Crippen molar-refractivity contribution in [2.24, 2.45) is 0 Å². The molecule has 0 spiro atoms. The molecule has 2 aromatic carbocycles. The van der Waals surface area contributed by atoms with Crippen LogP contribution >= 0.6 is 0 Å². The van der Waals surface area contributed by atoms with Crippen LogP contribution in [0.1, 0.15) is 43.4 Å². The van der Waals surface area contributed by atoms with Gasteiger partial charge in [0.05, 0.1) is 0 Å². The lowest BCUT2D eigenvalue weighted by Gasteiger charge is -2.26. The Hall–Kier alpha value is -1.89. The van der Waals surface area contributed by atoms with E-state index in [2.05, 4.69) is 44.2 Å². The molecule has 0 heterocycles. The Morgan fingerprint density at radius 2 is 1.68 bits per heavy atom. The van der Waals surface area contributed by atoms with E-state index in [0.717, 1.165) is 11.1 Å². The first-order valence-corrected chi connectivity index (χ1v) is 6.76. The first kappa shape index (κ1) is 12.2. The van der Waals surface area contributed by atoms with Gasteiger partial charge >= 0.3 is 0 Å². The highest BCUT2D eigenvalue weighted by Gasteiger charge is 2.28. The van der Waals surface area contributed by atoms with Crippen molar-refractivity contribution in [3.8, 4) is 0 Å². The fourth-order valence-corrected chi connectivity index (χ4v) is 3.18. The molecule has 0 aromatic heterocycles. The van der Waals surface area contributed by atoms with Gasteiger partial charge in [-0.25, -0.2) is 0 Å². The van der Waals surface area contributed by atoms with Gasteiger partial charge in [-0.05, 0) is 59.4 Å². The van der Waals surface area contributed by atoms with Crippen LogP contribution in [-0.2, 0) is 4.79 Å². The fourth-order valence-electron chi connectivity index (χ4n) is 3.18. The number of allylic oxidation sites excluding steroid dienone is 2. The second kappa shape index (κ2) is 4.06. The van der Waals surface area contributed by atoms with Crippen molar-refractivity contribution in [2.75, 3.05) is 0 Å². The van der Waals surface area contributed by atoms with Crippen molar-refractivity contribution in [3.63, 3.8) is 0 Å². The number of fused-ring (bicyclic) bond motifs is 3. The number of ketones is 1. The zero-order chi connectivity index (χ0) is 13.7. The van der Waals surface area contributed by atoms with E-state index >= 15 is 0 Å². The van der Waals surface area contributed by atoms with Crippen LogP contribution in [0.25, 0.3) is 16.3 Å². The number of rotatable bonds is 0. The molecule has 1 heteroatoms. The topological polar surface area (TPSA) is 17.1 Å². The van der Waals surface area contributed by atoms with Crippen LogP contribution in [0.5, 0.6) is 0 Å². The van der Waals surface area contributed by atoms with E-state index in [0.29, 0.717) is 0 Å². The predicted molar refractivity (Wildman–Crippen MR) is 80.4 cm³/mol. The Kier molecular flexibility index (Phi) is 2.60. The molecule has 0 amide bonds. The minimum atomic E-state index is -0.0253. The first-order chi connectivity index (χ1) is 9.02. The van der Waals surface area contributed by atoms with Crippen LogP contribution < -0.4 is 0 Å². The summed E-state index contributed by atoms with van der Waals surface area (Å²) in [5.74, 6) is 0.237. The van der Waals surface area contributed by atoms with Gasteiger partial charge in [0.2, 0.25) is 0 Å². The lowest BCUT2D eigenvalue weighted by molar-refractivity contribution is -0.116. The number of hydrogen-bond donors (Lipinski definition) is 0. The standard InChI is InChI=1S/C18H18O/c1-10-6-5-7-14-8-9-15-13(4)18(19)12(3)11(2)17(15)16(10)14/h5-9,13H,1-4H3. The minimum Gasteiger partial charge on any atom is -0.294 e. The Bertz CT molecular complexity index is 735. The molecule has 3 rings (SSSR count). The van der Waals surface area contributed by atoms with E-state index in [-0.39, 0.29) is 11.7 Å². The maximum Gasteiger partial charge on any atom is 0.166 e. The number of carbonyl (C=O) groups is 1. The zero-order valence-electron chi connectivity index (χ0n) is 11.9. The third kappa shape index (κ3) is 1.58. The lowest BCUT2D eigenvalue weighted by Crippen LogP contribution is -2.18. The van der Waals surface area contributed by atoms with E-state index < -0.39 is 0 Å². The Morgan fingerprint density at radius 3 is 2.42 bits per heavy atom. The Labute approximate surface area is 113 Å². The molecule has 0 bridgehead atoms. The first-order valence-electron chi connectivity index (χ1n) is 6.76. The Balaban J connectivity index is 2.51. The molecule has 0 aliphatic heterocycles. The fraction of sp³-hybridized carbons (Fsp3) is 0.278. The molecular formula is C18H18O. The third-order valence-electron chi connectivity index (χ3n) is 4.45. The number of carbonyl (C=O) groups excluding carboxylic acids is 1. The summed E-state index contributed by atoms with van der Waals surface area (Å²) in [6.07, 6.45) is 0. The lowest BCUT2D eigenvalue weighted by atomic mass is 9.77. The van der Waals surface area contributed by atoms with Gasteiger partial charge in [-0.2, -0.15) is 0 Å². The predicted octanol–water partition coefficient (Wildman–Crippen LogP) is 4.63. The molecule has 0 saturated heterocycles. The number of benzene rings is 2. The van der Waals surface area contributed by atoms with Gasteiger partial charge in [0.1, 0.15) is 0 Å². The highest BCUT2D eigenvalue weighted by atomic mass is 16.1. The molecule has 0 saturated carbocycles. The van der Waals surface area contributed by atoms with E-state index in [1.165, 1.54) is 27.5 Å². The zero-order valence-corrected chi connectivity index (χ0v) is 11.9. The molecule has 1 nitrogen and oxygen atoms in total. The summed E-state index contributed by atoms with van der Waals surface area (Å²) in [7, 11) is 0. The summed E-state index contributed by atoms with van der Waals surface area (Å²) in [6.45, 7) is 8.19. The monoisotopic (exact) mass is 250 g/mol. The van der Waals surface area contributed by atoms with E-state index in [1.54, 1.807) is 0 Å². The van der Waals surface area contributed by atoms with Gasteiger partial charge in [0, 0.05) is 5.92 Å². The number of hydrogen-bond acceptors (Lipinski definition) is 1. The van der Waals surface area contributed by atoms with Crippen molar-refractivity contribution in [2.45, 2.75) is 33.6 Å². The summed E-state index contributed by atoms with van der Waals surface area (Å²) in [5, 5.41) is 2.56. The van der Waals surface area contributed by atoms with E-state index in [9.17, 15) is 4.79 Å². The van der Waals surface area contributed by atoms with Crippen molar-refractivity contribution in [3.05, 3.63) is 52.6 Å². The van der Waals surface area contributed by atoms with E-state index in [1.807, 2.05) is 13.8 Å². The molecule has 96 valence electrons. The quantitative estimate of drug-likeness (QED) is 0.666. The highest BCUT2D eigenvalue weighted by Crippen LogP contribution is 2.40. The number of Topliss-reactive ketones (excluding diaryl/α,β-unsaturated/α-hetero) is 1. The highest BCUT2D eigenvalue weighted by molar-refractivity contribution is 6.13. The number of aryl methyl sites for hydroxylation is 1. The minimum absolute atomic E-state index is 0.0253. The van der Waals surface area contributed by atoms with Crippen LogP contribution in [0.4, 0.5) is 0 Å². The van der Waals surface area contributed by atoms with E-state index in [4.69, 9.17) is 0 Å². The van der Waals surface area contributed by atoms with Gasteiger partial charge in [-0.1, -0.05) is 37.3 Å². The van der Waals surface area contributed by atoms with Gasteiger partial charge < -0.3 is 0 Å². The van der Waals surface area contributed by atoms with Crippen molar-refractivity contribution in [1.29, 1.82) is 0 Å². The summed E-state index contributed by atoms with van der Waals surface area (Å²) >= 11 is 0. The Morgan fingerprint density at radius 1 is 0.947 bits per heavy atom. The molecule has 2 aromatic rings. The van der Waals surface area contributed by atoms with Gasteiger partial charge in [-0.15, -0.1) is 0 Å². The summed E-state index contributed by atoms with van der Waals surface area (Å²) in [5.41, 5.74) is 5.78. The average molecular weight is 250 g/mol. The van der Waals surface area contributed by atoms with Crippen LogP contribution in [-0.4, -0.2) is 5.78 Å². The third-order valence-corrected chi connectivity index (χ3v) is 4.45. The SMILES string of the molecule is CC1=C(C)c2c(ccc3cccc(C)c23)C(C)C1=O. The van der Waals surface area contributed by atoms with Crippen LogP contribution in [0.2, 0.25) is 0 Å². The molecular weight excluding hydrogens is 232 g/mol. The van der Waals surface area contributed by atoms with Crippen LogP contribution in [0.15, 0.2) is 35.9 Å². The molecule has 1 unspecified atom stereocenters. The maximum atomic E-state index is 12.3. The largest absolute Gasteiger partial charge is 0.294 e. The summed E-state index contributed by atoms with van der Waals surface area (Å²) < 4.78 is 0. The van der Waals surface area contributed by atoms with Gasteiger partial charge in [0.25, 0.3) is 0 Å². The second-order valence-corrected chi connectivity index (χ2v) is 5.54. The molecule has 0 N–H and O–H groups in total. The molecule has 1 aliphatic rings. The van der Waals surface area contributed by atoms with Gasteiger partial charge in [-0.3, -0.25) is 4.79 Å². The molecule has 0 radical (unpaired) electrons. The molecule has 0 fully saturated rings. The molecule has 1 aliphatic carbocycles. The summed E-state index contributed by atoms with van der Waals surface area (Å²) in [4.78, 5) is 12.3. The smallest absolute Gasteiger partial charge is 0.166 e.